The Balaban J connectivity index is 2.10. The SMILES string of the molecule is COc1ccccc1CC(C)Nc1cccc(C(=O)NCCO)c1C. The van der Waals surface area contributed by atoms with Crippen LogP contribution in [0.2, 0.25) is 0 Å². The number of anilines is 1. The number of carbonyl (C=O) groups is 1. The fourth-order valence-corrected chi connectivity index (χ4v) is 2.82. The summed E-state index contributed by atoms with van der Waals surface area (Å²) in [7, 11) is 1.68. The molecule has 25 heavy (non-hydrogen) atoms. The monoisotopic (exact) mass is 342 g/mol. The van der Waals surface area contributed by atoms with Gasteiger partial charge >= 0.3 is 0 Å². The van der Waals surface area contributed by atoms with E-state index in [4.69, 9.17) is 9.84 Å². The van der Waals surface area contributed by atoms with Crippen LogP contribution in [0.3, 0.4) is 0 Å². The largest absolute Gasteiger partial charge is 0.496 e. The minimum atomic E-state index is -0.174. The van der Waals surface area contributed by atoms with Crippen LogP contribution in [-0.2, 0) is 6.42 Å². The molecule has 0 saturated heterocycles. The lowest BCUT2D eigenvalue weighted by molar-refractivity contribution is 0.0944. The highest BCUT2D eigenvalue weighted by Gasteiger charge is 2.13. The summed E-state index contributed by atoms with van der Waals surface area (Å²) in [5.74, 6) is 0.706. The highest BCUT2D eigenvalue weighted by molar-refractivity contribution is 5.97. The average Bonchev–Trinajstić information content (AvgIpc) is 2.62. The molecule has 0 bridgehead atoms. The molecule has 5 heteroatoms. The molecule has 0 aromatic heterocycles. The topological polar surface area (TPSA) is 70.6 Å². The van der Waals surface area contributed by atoms with Gasteiger partial charge in [0.05, 0.1) is 13.7 Å². The Labute approximate surface area is 149 Å². The van der Waals surface area contributed by atoms with Crippen molar-refractivity contribution in [3.63, 3.8) is 0 Å². The number of nitrogens with one attached hydrogen (secondary N) is 2. The Bertz CT molecular complexity index is 716. The first-order valence-electron chi connectivity index (χ1n) is 8.44. The summed E-state index contributed by atoms with van der Waals surface area (Å²) in [6, 6.07) is 13.8. The molecule has 0 aliphatic rings. The normalized spacial score (nSPS) is 11.7. The Hall–Kier alpha value is -2.53. The number of benzene rings is 2. The number of carbonyl (C=O) groups excluding carboxylic acids is 1. The van der Waals surface area contributed by atoms with Crippen molar-refractivity contribution in [1.29, 1.82) is 0 Å². The molecule has 1 amide bonds. The van der Waals surface area contributed by atoms with E-state index in [9.17, 15) is 4.79 Å². The van der Waals surface area contributed by atoms with Gasteiger partial charge < -0.3 is 20.5 Å². The fraction of sp³-hybridized carbons (Fsp3) is 0.350. The molecule has 0 radical (unpaired) electrons. The van der Waals surface area contributed by atoms with Gasteiger partial charge in [0.25, 0.3) is 5.91 Å². The number of hydrogen-bond donors (Lipinski definition) is 3. The highest BCUT2D eigenvalue weighted by atomic mass is 16.5. The molecule has 2 aromatic rings. The van der Waals surface area contributed by atoms with Gasteiger partial charge in [0.15, 0.2) is 0 Å². The molecule has 134 valence electrons. The van der Waals surface area contributed by atoms with Crippen molar-refractivity contribution in [2.75, 3.05) is 25.6 Å². The first-order valence-corrected chi connectivity index (χ1v) is 8.44. The summed E-state index contributed by atoms with van der Waals surface area (Å²) in [6.45, 7) is 4.20. The van der Waals surface area contributed by atoms with Crippen LogP contribution >= 0.6 is 0 Å². The van der Waals surface area contributed by atoms with Gasteiger partial charge in [-0.05, 0) is 49.6 Å². The van der Waals surface area contributed by atoms with Crippen LogP contribution in [0, 0.1) is 6.92 Å². The molecule has 2 rings (SSSR count). The highest BCUT2D eigenvalue weighted by Crippen LogP contribution is 2.23. The van der Waals surface area contributed by atoms with E-state index in [1.165, 1.54) is 0 Å². The van der Waals surface area contributed by atoms with E-state index in [0.717, 1.165) is 29.0 Å². The number of methoxy groups -OCH3 is 1. The number of amides is 1. The van der Waals surface area contributed by atoms with Crippen molar-refractivity contribution in [2.45, 2.75) is 26.3 Å². The van der Waals surface area contributed by atoms with Gasteiger partial charge in [0.2, 0.25) is 0 Å². The molecule has 3 N–H and O–H groups in total. The molecule has 0 fully saturated rings. The van der Waals surface area contributed by atoms with E-state index in [-0.39, 0.29) is 25.1 Å². The standard InChI is InChI=1S/C20H26N2O3/c1-14(13-16-7-4-5-10-19(16)25-3)22-18-9-6-8-17(15(18)2)20(24)21-11-12-23/h4-10,14,22-23H,11-13H2,1-3H3,(H,21,24). The van der Waals surface area contributed by atoms with Crippen LogP contribution in [0.1, 0.15) is 28.4 Å². The molecule has 1 atom stereocenters. The predicted molar refractivity (Wildman–Crippen MR) is 100 cm³/mol. The van der Waals surface area contributed by atoms with Gasteiger partial charge in [-0.2, -0.15) is 0 Å². The van der Waals surface area contributed by atoms with Crippen LogP contribution in [0.25, 0.3) is 0 Å². The third kappa shape index (κ3) is 4.97. The molecule has 0 aliphatic heterocycles. The molecule has 0 heterocycles. The summed E-state index contributed by atoms with van der Waals surface area (Å²) >= 11 is 0. The van der Waals surface area contributed by atoms with Crippen LogP contribution in [0.15, 0.2) is 42.5 Å². The zero-order valence-electron chi connectivity index (χ0n) is 15.0. The van der Waals surface area contributed by atoms with Gasteiger partial charge in [0, 0.05) is 23.8 Å². The van der Waals surface area contributed by atoms with Crippen molar-refractivity contribution in [1.82, 2.24) is 5.32 Å². The van der Waals surface area contributed by atoms with Gasteiger partial charge in [0.1, 0.15) is 5.75 Å². The van der Waals surface area contributed by atoms with E-state index in [1.54, 1.807) is 13.2 Å². The predicted octanol–water partition coefficient (Wildman–Crippen LogP) is 2.77. The summed E-state index contributed by atoms with van der Waals surface area (Å²) in [5, 5.41) is 15.0. The van der Waals surface area contributed by atoms with Crippen LogP contribution < -0.4 is 15.4 Å². The molecule has 2 aromatic carbocycles. The van der Waals surface area contributed by atoms with Crippen LogP contribution in [0.5, 0.6) is 5.75 Å². The first kappa shape index (κ1) is 18.8. The maximum Gasteiger partial charge on any atom is 0.251 e. The number of aliphatic hydroxyl groups is 1. The van der Waals surface area contributed by atoms with Crippen molar-refractivity contribution < 1.29 is 14.6 Å². The molecule has 1 unspecified atom stereocenters. The summed E-state index contributed by atoms with van der Waals surface area (Å²) in [4.78, 5) is 12.2. The molecule has 0 spiro atoms. The maximum atomic E-state index is 12.2. The minimum Gasteiger partial charge on any atom is -0.496 e. The van der Waals surface area contributed by atoms with Gasteiger partial charge in [-0.25, -0.2) is 0 Å². The quantitative estimate of drug-likeness (QED) is 0.690. The summed E-state index contributed by atoms with van der Waals surface area (Å²) in [5.41, 5.74) is 3.58. The Kier molecular flexibility index (Phi) is 6.83. The number of para-hydroxylation sites is 1. The molecule has 5 nitrogen and oxygen atoms in total. The van der Waals surface area contributed by atoms with Gasteiger partial charge in [-0.15, -0.1) is 0 Å². The van der Waals surface area contributed by atoms with E-state index < -0.39 is 0 Å². The number of hydrogen-bond acceptors (Lipinski definition) is 4. The third-order valence-electron chi connectivity index (χ3n) is 4.10. The number of rotatable bonds is 8. The van der Waals surface area contributed by atoms with Gasteiger partial charge in [-0.1, -0.05) is 24.3 Å². The Morgan fingerprint density at radius 3 is 2.68 bits per heavy atom. The lowest BCUT2D eigenvalue weighted by Crippen LogP contribution is -2.27. The van der Waals surface area contributed by atoms with Crippen molar-refractivity contribution >= 4 is 11.6 Å². The first-order chi connectivity index (χ1) is 12.1. The lowest BCUT2D eigenvalue weighted by atomic mass is 10.0. The summed E-state index contributed by atoms with van der Waals surface area (Å²) in [6.07, 6.45) is 0.810. The van der Waals surface area contributed by atoms with E-state index in [1.807, 2.05) is 37.3 Å². The number of aliphatic hydroxyl groups excluding tert-OH is 1. The zero-order chi connectivity index (χ0) is 18.2. The average molecular weight is 342 g/mol. The van der Waals surface area contributed by atoms with Crippen LogP contribution in [-0.4, -0.2) is 37.3 Å². The Morgan fingerprint density at radius 2 is 1.96 bits per heavy atom. The molecular weight excluding hydrogens is 316 g/mol. The molecular formula is C20H26N2O3. The maximum absolute atomic E-state index is 12.2. The minimum absolute atomic E-state index is 0.0708. The lowest BCUT2D eigenvalue weighted by Gasteiger charge is -2.19. The fourth-order valence-electron chi connectivity index (χ4n) is 2.82. The van der Waals surface area contributed by atoms with Crippen LogP contribution in [0.4, 0.5) is 5.69 Å². The second-order valence-electron chi connectivity index (χ2n) is 6.02. The summed E-state index contributed by atoms with van der Waals surface area (Å²) < 4.78 is 5.41. The Morgan fingerprint density at radius 1 is 1.20 bits per heavy atom. The second-order valence-corrected chi connectivity index (χ2v) is 6.02. The molecule has 0 aliphatic carbocycles. The number of ether oxygens (including phenoxy) is 1. The second kappa shape index (κ2) is 9.08. The van der Waals surface area contributed by atoms with Crippen molar-refractivity contribution in [3.05, 3.63) is 59.2 Å². The molecule has 0 saturated carbocycles. The van der Waals surface area contributed by atoms with Crippen molar-refractivity contribution in [3.8, 4) is 5.75 Å². The van der Waals surface area contributed by atoms with E-state index in [2.05, 4.69) is 23.6 Å². The smallest absolute Gasteiger partial charge is 0.251 e. The zero-order valence-corrected chi connectivity index (χ0v) is 15.0. The van der Waals surface area contributed by atoms with Crippen molar-refractivity contribution in [2.24, 2.45) is 0 Å². The van der Waals surface area contributed by atoms with Gasteiger partial charge in [-0.3, -0.25) is 4.79 Å². The van der Waals surface area contributed by atoms with E-state index >= 15 is 0 Å². The third-order valence-corrected chi connectivity index (χ3v) is 4.10. The van der Waals surface area contributed by atoms with E-state index in [0.29, 0.717) is 5.56 Å².